The van der Waals surface area contributed by atoms with E-state index in [0.29, 0.717) is 5.11 Å². The lowest BCUT2D eigenvalue weighted by Gasteiger charge is -2.20. The summed E-state index contributed by atoms with van der Waals surface area (Å²) in [6, 6.07) is 6.45. The van der Waals surface area contributed by atoms with Gasteiger partial charge in [-0.25, -0.2) is 0 Å². The third-order valence-electron chi connectivity index (χ3n) is 2.80. The zero-order valence-corrected chi connectivity index (χ0v) is 11.7. The van der Waals surface area contributed by atoms with Crippen LogP contribution in [0.3, 0.4) is 0 Å². The summed E-state index contributed by atoms with van der Waals surface area (Å²) in [6.45, 7) is 5.31. The SMILES string of the molecule is CC1(C)CN(C(N)=S)c2cc(I)ccc21. The quantitative estimate of drug-likeness (QED) is 0.585. The molecule has 4 heteroatoms. The first-order valence-corrected chi connectivity index (χ1v) is 6.27. The van der Waals surface area contributed by atoms with Crippen molar-refractivity contribution in [2.24, 2.45) is 5.73 Å². The number of rotatable bonds is 0. The first kappa shape index (κ1) is 11.1. The molecule has 0 aromatic heterocycles. The minimum Gasteiger partial charge on any atom is -0.376 e. The van der Waals surface area contributed by atoms with Gasteiger partial charge < -0.3 is 10.6 Å². The van der Waals surface area contributed by atoms with Gasteiger partial charge in [0, 0.05) is 21.2 Å². The van der Waals surface area contributed by atoms with Crippen molar-refractivity contribution in [2.45, 2.75) is 19.3 Å². The van der Waals surface area contributed by atoms with Crippen LogP contribution in [0.15, 0.2) is 18.2 Å². The van der Waals surface area contributed by atoms with Crippen molar-refractivity contribution in [3.63, 3.8) is 0 Å². The highest BCUT2D eigenvalue weighted by atomic mass is 127. The number of benzene rings is 1. The maximum absolute atomic E-state index is 5.74. The summed E-state index contributed by atoms with van der Waals surface area (Å²) < 4.78 is 1.21. The molecule has 1 aromatic rings. The van der Waals surface area contributed by atoms with E-state index in [0.717, 1.165) is 6.54 Å². The second-order valence-corrected chi connectivity index (χ2v) is 6.13. The highest BCUT2D eigenvalue weighted by molar-refractivity contribution is 14.1. The lowest BCUT2D eigenvalue weighted by Crippen LogP contribution is -2.37. The zero-order valence-electron chi connectivity index (χ0n) is 8.75. The maximum atomic E-state index is 5.74. The van der Waals surface area contributed by atoms with Gasteiger partial charge >= 0.3 is 0 Å². The average molecular weight is 332 g/mol. The Labute approximate surface area is 109 Å². The molecule has 0 amide bonds. The zero-order chi connectivity index (χ0) is 11.2. The first-order chi connectivity index (χ1) is 6.92. The van der Waals surface area contributed by atoms with E-state index in [1.165, 1.54) is 14.8 Å². The number of thiocarbonyl (C=S) groups is 1. The van der Waals surface area contributed by atoms with Crippen LogP contribution < -0.4 is 10.6 Å². The number of halogens is 1. The van der Waals surface area contributed by atoms with Gasteiger partial charge in [0.1, 0.15) is 0 Å². The molecule has 2 nitrogen and oxygen atoms in total. The first-order valence-electron chi connectivity index (χ1n) is 4.79. The Morgan fingerprint density at radius 3 is 2.80 bits per heavy atom. The fraction of sp³-hybridized carbons (Fsp3) is 0.364. The second-order valence-electron chi connectivity index (χ2n) is 4.47. The molecule has 0 atom stereocenters. The van der Waals surface area contributed by atoms with Crippen LogP contribution in [0.4, 0.5) is 5.69 Å². The van der Waals surface area contributed by atoms with Crippen LogP contribution >= 0.6 is 34.8 Å². The number of hydrogen-bond donors (Lipinski definition) is 1. The van der Waals surface area contributed by atoms with E-state index in [9.17, 15) is 0 Å². The lowest BCUT2D eigenvalue weighted by molar-refractivity contribution is 0.572. The van der Waals surface area contributed by atoms with Crippen molar-refractivity contribution in [1.82, 2.24) is 0 Å². The largest absolute Gasteiger partial charge is 0.376 e. The Bertz CT molecular complexity index is 429. The third-order valence-corrected chi connectivity index (χ3v) is 3.69. The fourth-order valence-corrected chi connectivity index (χ4v) is 2.70. The molecule has 80 valence electrons. The Balaban J connectivity index is 2.58. The van der Waals surface area contributed by atoms with Crippen molar-refractivity contribution in [3.8, 4) is 0 Å². The summed E-state index contributed by atoms with van der Waals surface area (Å²) in [5.74, 6) is 0. The topological polar surface area (TPSA) is 29.3 Å². The van der Waals surface area contributed by atoms with Gasteiger partial charge in [0.05, 0.1) is 0 Å². The van der Waals surface area contributed by atoms with Gasteiger partial charge in [-0.3, -0.25) is 0 Å². The molecule has 1 heterocycles. The summed E-state index contributed by atoms with van der Waals surface area (Å²) >= 11 is 7.39. The number of nitrogens with two attached hydrogens (primary N) is 1. The Morgan fingerprint density at radius 2 is 2.20 bits per heavy atom. The van der Waals surface area contributed by atoms with Crippen molar-refractivity contribution in [1.29, 1.82) is 0 Å². The van der Waals surface area contributed by atoms with Gasteiger partial charge in [-0.1, -0.05) is 19.9 Å². The Morgan fingerprint density at radius 1 is 1.53 bits per heavy atom. The smallest absolute Gasteiger partial charge is 0.170 e. The molecule has 0 fully saturated rings. The highest BCUT2D eigenvalue weighted by Gasteiger charge is 2.35. The molecule has 2 N–H and O–H groups in total. The second kappa shape index (κ2) is 3.59. The van der Waals surface area contributed by atoms with E-state index in [4.69, 9.17) is 18.0 Å². The minimum absolute atomic E-state index is 0.128. The molecule has 0 saturated heterocycles. The van der Waals surface area contributed by atoms with Crippen LogP contribution in [-0.2, 0) is 5.41 Å². The molecule has 1 aliphatic rings. The molecule has 2 rings (SSSR count). The number of hydrogen-bond acceptors (Lipinski definition) is 1. The Kier molecular flexibility index (Phi) is 2.66. The summed E-state index contributed by atoms with van der Waals surface area (Å²) in [5, 5.41) is 0.462. The van der Waals surface area contributed by atoms with Crippen molar-refractivity contribution < 1.29 is 0 Å². The highest BCUT2D eigenvalue weighted by Crippen LogP contribution is 2.40. The molecule has 0 bridgehead atoms. The van der Waals surface area contributed by atoms with Gasteiger partial charge in [0.15, 0.2) is 5.11 Å². The van der Waals surface area contributed by atoms with Crippen LogP contribution in [0, 0.1) is 3.57 Å². The van der Waals surface area contributed by atoms with E-state index in [2.05, 4.69) is 54.6 Å². The molecule has 15 heavy (non-hydrogen) atoms. The molecule has 0 aliphatic carbocycles. The number of anilines is 1. The molecule has 1 aromatic carbocycles. The van der Waals surface area contributed by atoms with Crippen LogP contribution in [-0.4, -0.2) is 11.7 Å². The van der Waals surface area contributed by atoms with Crippen LogP contribution in [0.2, 0.25) is 0 Å². The van der Waals surface area contributed by atoms with Crippen LogP contribution in [0.25, 0.3) is 0 Å². The van der Waals surface area contributed by atoms with Gasteiger partial charge in [-0.2, -0.15) is 0 Å². The summed E-state index contributed by atoms with van der Waals surface area (Å²) in [6.07, 6.45) is 0. The number of fused-ring (bicyclic) bond motifs is 1. The summed E-state index contributed by atoms with van der Waals surface area (Å²) in [5.41, 5.74) is 8.36. The van der Waals surface area contributed by atoms with Gasteiger partial charge in [-0.15, -0.1) is 0 Å². The van der Waals surface area contributed by atoms with Crippen molar-refractivity contribution in [2.75, 3.05) is 11.4 Å². The Hall–Kier alpha value is -0.360. The monoisotopic (exact) mass is 332 g/mol. The van der Waals surface area contributed by atoms with Gasteiger partial charge in [-0.05, 0) is 52.5 Å². The maximum Gasteiger partial charge on any atom is 0.170 e. The average Bonchev–Trinajstić information content (AvgIpc) is 2.38. The van der Waals surface area contributed by atoms with Crippen LogP contribution in [0.5, 0.6) is 0 Å². The molecule has 0 radical (unpaired) electrons. The predicted octanol–water partition coefficient (Wildman–Crippen LogP) is 2.63. The van der Waals surface area contributed by atoms with E-state index >= 15 is 0 Å². The lowest BCUT2D eigenvalue weighted by atomic mass is 9.87. The van der Waals surface area contributed by atoms with Crippen molar-refractivity contribution >= 4 is 45.6 Å². The normalized spacial score (nSPS) is 17.7. The molecule has 0 unspecified atom stereocenters. The van der Waals surface area contributed by atoms with E-state index in [-0.39, 0.29) is 5.41 Å². The molecule has 0 saturated carbocycles. The van der Waals surface area contributed by atoms with E-state index in [1.807, 2.05) is 4.90 Å². The molecular weight excluding hydrogens is 319 g/mol. The van der Waals surface area contributed by atoms with Crippen molar-refractivity contribution in [3.05, 3.63) is 27.3 Å². The molecular formula is C11H13IN2S. The fourth-order valence-electron chi connectivity index (χ4n) is 2.06. The molecule has 0 spiro atoms. The molecule has 1 aliphatic heterocycles. The van der Waals surface area contributed by atoms with Gasteiger partial charge in [0.25, 0.3) is 0 Å². The van der Waals surface area contributed by atoms with E-state index in [1.54, 1.807) is 0 Å². The summed E-state index contributed by atoms with van der Waals surface area (Å²) in [4.78, 5) is 2.02. The minimum atomic E-state index is 0.128. The summed E-state index contributed by atoms with van der Waals surface area (Å²) in [7, 11) is 0. The standard InChI is InChI=1S/C11H13IN2S/c1-11(2)6-14(10(13)15)9-5-7(12)3-4-8(9)11/h3-5H,6H2,1-2H3,(H2,13,15). The predicted molar refractivity (Wildman–Crippen MR) is 76.3 cm³/mol. The number of nitrogens with zero attached hydrogens (tertiary/aromatic N) is 1. The van der Waals surface area contributed by atoms with Crippen LogP contribution in [0.1, 0.15) is 19.4 Å². The van der Waals surface area contributed by atoms with E-state index < -0.39 is 0 Å². The van der Waals surface area contributed by atoms with Gasteiger partial charge in [0.2, 0.25) is 0 Å². The third kappa shape index (κ3) is 1.85.